The number of thioether (sulfide) groups is 1. The molecule has 24 heavy (non-hydrogen) atoms. The van der Waals surface area contributed by atoms with Gasteiger partial charge in [-0.25, -0.2) is 4.98 Å². The topological polar surface area (TPSA) is 43.6 Å². The first-order valence-corrected chi connectivity index (χ1v) is 10.2. The fourth-order valence-corrected chi connectivity index (χ4v) is 5.39. The number of thiazole rings is 1. The van der Waals surface area contributed by atoms with Crippen LogP contribution in [0.2, 0.25) is 0 Å². The van der Waals surface area contributed by atoms with E-state index in [0.717, 1.165) is 27.8 Å². The zero-order valence-corrected chi connectivity index (χ0v) is 15.8. The molecule has 1 atom stereocenters. The Morgan fingerprint density at radius 1 is 1.17 bits per heavy atom. The van der Waals surface area contributed by atoms with Crippen molar-refractivity contribution in [2.75, 3.05) is 0 Å². The highest BCUT2D eigenvalue weighted by Gasteiger charge is 2.16. The summed E-state index contributed by atoms with van der Waals surface area (Å²) in [4.78, 5) is 5.88. The number of aromatic nitrogens is 4. The molecule has 0 aliphatic carbocycles. The minimum absolute atomic E-state index is 0.393. The van der Waals surface area contributed by atoms with Gasteiger partial charge >= 0.3 is 0 Å². The molecule has 0 bridgehead atoms. The second-order valence-corrected chi connectivity index (χ2v) is 9.02. The first-order chi connectivity index (χ1) is 11.7. The van der Waals surface area contributed by atoms with Crippen molar-refractivity contribution >= 4 is 44.7 Å². The van der Waals surface area contributed by atoms with Gasteiger partial charge < -0.3 is 4.57 Å². The van der Waals surface area contributed by atoms with Crippen LogP contribution in [0.4, 0.5) is 0 Å². The maximum absolute atomic E-state index is 4.73. The van der Waals surface area contributed by atoms with E-state index in [2.05, 4.69) is 51.3 Å². The molecule has 0 saturated heterocycles. The first kappa shape index (κ1) is 15.8. The molecule has 0 fully saturated rings. The minimum atomic E-state index is 0.393. The highest BCUT2D eigenvalue weighted by molar-refractivity contribution is 7.99. The summed E-state index contributed by atoms with van der Waals surface area (Å²) in [6, 6.07) is 12.4. The van der Waals surface area contributed by atoms with E-state index in [-0.39, 0.29) is 0 Å². The summed E-state index contributed by atoms with van der Waals surface area (Å²) in [5, 5.41) is 13.3. The van der Waals surface area contributed by atoms with Crippen molar-refractivity contribution in [2.24, 2.45) is 7.05 Å². The molecule has 0 aliphatic heterocycles. The quantitative estimate of drug-likeness (QED) is 0.469. The molecule has 0 aliphatic rings. The summed E-state index contributed by atoms with van der Waals surface area (Å²) in [7, 11) is 2.03. The monoisotopic (exact) mass is 372 g/mol. The van der Waals surface area contributed by atoms with Crippen molar-refractivity contribution in [3.63, 3.8) is 0 Å². The molecule has 0 amide bonds. The van der Waals surface area contributed by atoms with Crippen molar-refractivity contribution in [3.05, 3.63) is 46.8 Å². The lowest BCUT2D eigenvalue weighted by atomic mass is 10.3. The van der Waals surface area contributed by atoms with Crippen molar-refractivity contribution in [1.82, 2.24) is 19.7 Å². The molecule has 4 aromatic rings. The zero-order valence-electron chi connectivity index (χ0n) is 13.3. The van der Waals surface area contributed by atoms with Crippen LogP contribution in [0.5, 0.6) is 0 Å². The minimum Gasteiger partial charge on any atom is -0.304 e. The number of hydrogen-bond acceptors (Lipinski definition) is 6. The average Bonchev–Trinajstić information content (AvgIpc) is 3.27. The lowest BCUT2D eigenvalue weighted by Crippen LogP contribution is -2.03. The van der Waals surface area contributed by atoms with E-state index in [4.69, 9.17) is 4.98 Å². The van der Waals surface area contributed by atoms with Crippen molar-refractivity contribution in [1.29, 1.82) is 0 Å². The Bertz CT molecular complexity index is 922. The van der Waals surface area contributed by atoms with Gasteiger partial charge in [0, 0.05) is 18.7 Å². The molecule has 3 aromatic heterocycles. The normalized spacial score (nSPS) is 12.8. The van der Waals surface area contributed by atoms with Gasteiger partial charge in [-0.2, -0.15) is 0 Å². The highest BCUT2D eigenvalue weighted by atomic mass is 32.2. The molecule has 0 unspecified atom stereocenters. The standard InChI is InChI=1S/C17H16N4S3/c1-11(10-15-18-12-6-3-4-7-13(12)24-15)23-17-20-19-16(21(17)2)14-8-5-9-22-14/h3-9,11H,10H2,1-2H3/t11-/m0/s1. The SMILES string of the molecule is C[C@@H](Cc1nc2ccccc2s1)Sc1nnc(-c2cccs2)n1C. The van der Waals surface area contributed by atoms with Gasteiger partial charge in [0.2, 0.25) is 0 Å². The molecule has 122 valence electrons. The van der Waals surface area contributed by atoms with Gasteiger partial charge in [0.05, 0.1) is 20.1 Å². The van der Waals surface area contributed by atoms with E-state index in [1.807, 2.05) is 19.2 Å². The number of benzene rings is 1. The summed E-state index contributed by atoms with van der Waals surface area (Å²) in [6.45, 7) is 2.22. The van der Waals surface area contributed by atoms with Crippen LogP contribution < -0.4 is 0 Å². The highest BCUT2D eigenvalue weighted by Crippen LogP contribution is 2.30. The van der Waals surface area contributed by atoms with Gasteiger partial charge in [-0.3, -0.25) is 0 Å². The molecular formula is C17H16N4S3. The van der Waals surface area contributed by atoms with Crippen LogP contribution in [-0.4, -0.2) is 25.0 Å². The van der Waals surface area contributed by atoms with Crippen LogP contribution in [0.1, 0.15) is 11.9 Å². The second kappa shape index (κ2) is 6.66. The fraction of sp³-hybridized carbons (Fsp3) is 0.235. The Morgan fingerprint density at radius 3 is 2.83 bits per heavy atom. The molecule has 0 saturated carbocycles. The molecule has 0 N–H and O–H groups in total. The van der Waals surface area contributed by atoms with Crippen molar-refractivity contribution in [2.45, 2.75) is 23.8 Å². The molecule has 0 spiro atoms. The molecular weight excluding hydrogens is 356 g/mol. The maximum atomic E-state index is 4.73. The van der Waals surface area contributed by atoms with Gasteiger partial charge in [-0.1, -0.05) is 36.9 Å². The Balaban J connectivity index is 1.49. The summed E-state index contributed by atoms with van der Waals surface area (Å²) < 4.78 is 3.33. The number of rotatable bonds is 5. The van der Waals surface area contributed by atoms with Gasteiger partial charge in [0.25, 0.3) is 0 Å². The molecule has 1 aromatic carbocycles. The summed E-state index contributed by atoms with van der Waals surface area (Å²) >= 11 is 5.22. The van der Waals surface area contributed by atoms with Crippen LogP contribution in [-0.2, 0) is 13.5 Å². The van der Waals surface area contributed by atoms with Crippen molar-refractivity contribution in [3.8, 4) is 10.7 Å². The Morgan fingerprint density at radius 2 is 2.04 bits per heavy atom. The van der Waals surface area contributed by atoms with Crippen LogP contribution in [0.15, 0.2) is 46.9 Å². The van der Waals surface area contributed by atoms with E-state index in [1.165, 1.54) is 9.71 Å². The Hall–Kier alpha value is -1.70. The van der Waals surface area contributed by atoms with Crippen LogP contribution >= 0.6 is 34.4 Å². The second-order valence-electron chi connectivity index (χ2n) is 5.55. The molecule has 4 nitrogen and oxygen atoms in total. The number of fused-ring (bicyclic) bond motifs is 1. The van der Waals surface area contributed by atoms with E-state index >= 15 is 0 Å². The van der Waals surface area contributed by atoms with E-state index < -0.39 is 0 Å². The average molecular weight is 373 g/mol. The van der Waals surface area contributed by atoms with Crippen LogP contribution in [0, 0.1) is 0 Å². The summed E-state index contributed by atoms with van der Waals surface area (Å²) in [5.74, 6) is 0.930. The molecule has 4 rings (SSSR count). The van der Waals surface area contributed by atoms with Crippen LogP contribution in [0.25, 0.3) is 20.9 Å². The number of hydrogen-bond donors (Lipinski definition) is 0. The van der Waals surface area contributed by atoms with Gasteiger partial charge in [-0.15, -0.1) is 32.9 Å². The van der Waals surface area contributed by atoms with E-state index in [1.54, 1.807) is 34.4 Å². The van der Waals surface area contributed by atoms with E-state index in [0.29, 0.717) is 5.25 Å². The number of thiophene rings is 1. The Kier molecular flexibility index (Phi) is 4.39. The molecule has 3 heterocycles. The first-order valence-electron chi connectivity index (χ1n) is 7.65. The smallest absolute Gasteiger partial charge is 0.191 e. The third kappa shape index (κ3) is 3.11. The largest absolute Gasteiger partial charge is 0.304 e. The van der Waals surface area contributed by atoms with Gasteiger partial charge in [0.1, 0.15) is 0 Å². The zero-order chi connectivity index (χ0) is 16.5. The van der Waals surface area contributed by atoms with E-state index in [9.17, 15) is 0 Å². The molecule has 7 heteroatoms. The molecule has 0 radical (unpaired) electrons. The van der Waals surface area contributed by atoms with Crippen LogP contribution in [0.3, 0.4) is 0 Å². The third-order valence-electron chi connectivity index (χ3n) is 3.68. The summed E-state index contributed by atoms with van der Waals surface area (Å²) in [6.07, 6.45) is 0.936. The lowest BCUT2D eigenvalue weighted by molar-refractivity contribution is 0.786. The van der Waals surface area contributed by atoms with Gasteiger partial charge in [-0.05, 0) is 23.6 Å². The number of para-hydroxylation sites is 1. The predicted molar refractivity (Wildman–Crippen MR) is 103 cm³/mol. The third-order valence-corrected chi connectivity index (χ3v) is 6.74. The lowest BCUT2D eigenvalue weighted by Gasteiger charge is -2.08. The Labute approximate surface area is 152 Å². The number of nitrogens with zero attached hydrogens (tertiary/aromatic N) is 4. The predicted octanol–water partition coefficient (Wildman–Crippen LogP) is 4.88. The maximum Gasteiger partial charge on any atom is 0.191 e. The van der Waals surface area contributed by atoms with Crippen molar-refractivity contribution < 1.29 is 0 Å². The fourth-order valence-electron chi connectivity index (χ4n) is 2.51. The van der Waals surface area contributed by atoms with Gasteiger partial charge in [0.15, 0.2) is 11.0 Å². The summed E-state index contributed by atoms with van der Waals surface area (Å²) in [5.41, 5.74) is 1.09.